The summed E-state index contributed by atoms with van der Waals surface area (Å²) in [6.45, 7) is 1.30. The van der Waals surface area contributed by atoms with E-state index in [-0.39, 0.29) is 5.56 Å². The molecular formula is C18H14F2N8. The van der Waals surface area contributed by atoms with E-state index in [4.69, 9.17) is 10.5 Å². The van der Waals surface area contributed by atoms with Gasteiger partial charge in [-0.1, -0.05) is 0 Å². The summed E-state index contributed by atoms with van der Waals surface area (Å²) in [5.41, 5.74) is 4.55. The molecule has 0 spiro atoms. The number of nitrogens with zero attached hydrogens (tertiary/aromatic N) is 6. The van der Waals surface area contributed by atoms with Crippen LogP contribution >= 0.6 is 0 Å². The first-order chi connectivity index (χ1) is 13.6. The third-order valence-electron chi connectivity index (χ3n) is 3.80. The van der Waals surface area contributed by atoms with E-state index >= 15 is 0 Å². The van der Waals surface area contributed by atoms with Gasteiger partial charge in [-0.2, -0.15) is 15.6 Å². The quantitative estimate of drug-likeness (QED) is 0.698. The number of hydrazine groups is 1. The average molecular weight is 380 g/mol. The van der Waals surface area contributed by atoms with Crippen LogP contribution < -0.4 is 15.8 Å². The Hall–Kier alpha value is -3.86. The number of anilines is 1. The highest BCUT2D eigenvalue weighted by Gasteiger charge is 2.12. The average Bonchev–Trinajstić information content (AvgIpc) is 3.42. The molecule has 28 heavy (non-hydrogen) atoms. The molecule has 1 aliphatic heterocycles. The Morgan fingerprint density at radius 1 is 1.04 bits per heavy atom. The summed E-state index contributed by atoms with van der Waals surface area (Å²) in [7, 11) is 0. The number of nitriles is 2. The lowest BCUT2D eigenvalue weighted by molar-refractivity contribution is 0.622. The molecule has 0 saturated carbocycles. The summed E-state index contributed by atoms with van der Waals surface area (Å²) >= 11 is 0. The van der Waals surface area contributed by atoms with E-state index in [1.807, 2.05) is 6.07 Å². The van der Waals surface area contributed by atoms with Crippen LogP contribution in [0.5, 0.6) is 0 Å². The second-order valence-corrected chi connectivity index (χ2v) is 5.56. The van der Waals surface area contributed by atoms with Gasteiger partial charge in [0.15, 0.2) is 0 Å². The number of nitrogens with one attached hydrogen (secondary N) is 2. The molecule has 1 aromatic heterocycles. The normalized spacial score (nSPS) is 12.6. The van der Waals surface area contributed by atoms with Gasteiger partial charge in [0.05, 0.1) is 35.8 Å². The zero-order valence-electron chi connectivity index (χ0n) is 14.5. The molecule has 0 amide bonds. The van der Waals surface area contributed by atoms with Crippen LogP contribution in [0.3, 0.4) is 0 Å². The summed E-state index contributed by atoms with van der Waals surface area (Å²) in [4.78, 5) is 3.72. The van der Waals surface area contributed by atoms with E-state index in [9.17, 15) is 8.78 Å². The minimum atomic E-state index is -0.487. The Morgan fingerprint density at radius 2 is 1.82 bits per heavy atom. The van der Waals surface area contributed by atoms with Crippen molar-refractivity contribution in [3.8, 4) is 17.8 Å². The maximum absolute atomic E-state index is 13.2. The van der Waals surface area contributed by atoms with Gasteiger partial charge in [-0.05, 0) is 30.3 Å². The number of benzene rings is 2. The molecule has 1 saturated heterocycles. The molecule has 1 aliphatic rings. The van der Waals surface area contributed by atoms with E-state index in [0.29, 0.717) is 30.3 Å². The van der Waals surface area contributed by atoms with Crippen molar-refractivity contribution in [3.63, 3.8) is 0 Å². The fourth-order valence-electron chi connectivity index (χ4n) is 2.44. The minimum absolute atomic E-state index is 0.0703. The summed E-state index contributed by atoms with van der Waals surface area (Å²) in [6, 6.07) is 12.2. The largest absolute Gasteiger partial charge is 0.293 e. The lowest BCUT2D eigenvalue weighted by Crippen LogP contribution is -2.30. The van der Waals surface area contributed by atoms with Crippen LogP contribution in [0.1, 0.15) is 11.1 Å². The van der Waals surface area contributed by atoms with Gasteiger partial charge in [0.25, 0.3) is 0 Å². The van der Waals surface area contributed by atoms with Crippen LogP contribution in [-0.4, -0.2) is 28.1 Å². The van der Waals surface area contributed by atoms with Crippen LogP contribution in [-0.2, 0) is 0 Å². The van der Waals surface area contributed by atoms with Gasteiger partial charge in [-0.25, -0.2) is 23.9 Å². The van der Waals surface area contributed by atoms with Gasteiger partial charge in [-0.15, -0.1) is 0 Å². The molecule has 8 nitrogen and oxygen atoms in total. The first kappa shape index (κ1) is 18.9. The van der Waals surface area contributed by atoms with Crippen LogP contribution in [0.2, 0.25) is 0 Å². The highest BCUT2D eigenvalue weighted by molar-refractivity contribution is 5.50. The fraction of sp³-hybridized carbons (Fsp3) is 0.111. The van der Waals surface area contributed by atoms with Crippen molar-refractivity contribution in [3.05, 3.63) is 71.8 Å². The van der Waals surface area contributed by atoms with Crippen molar-refractivity contribution in [2.75, 3.05) is 18.3 Å². The molecular weight excluding hydrogens is 366 g/mol. The predicted octanol–water partition coefficient (Wildman–Crippen LogP) is 1.80. The fourth-order valence-corrected chi connectivity index (χ4v) is 2.44. The Morgan fingerprint density at radius 3 is 2.43 bits per heavy atom. The molecule has 0 bridgehead atoms. The third kappa shape index (κ3) is 4.27. The highest BCUT2D eigenvalue weighted by Crippen LogP contribution is 2.17. The molecule has 3 aromatic rings. The van der Waals surface area contributed by atoms with Gasteiger partial charge in [0.2, 0.25) is 0 Å². The molecule has 2 aromatic carbocycles. The SMILES string of the molecule is N#Cc1ccc(F)cc1-n1cncn1.N#Cc1ccc(N2CNCN2)cc1F. The smallest absolute Gasteiger partial charge is 0.143 e. The van der Waals surface area contributed by atoms with Crippen molar-refractivity contribution in [2.24, 2.45) is 0 Å². The molecule has 0 unspecified atom stereocenters. The Balaban J connectivity index is 0.000000161. The van der Waals surface area contributed by atoms with Crippen LogP contribution in [0.15, 0.2) is 49.1 Å². The number of hydrogen-bond donors (Lipinski definition) is 2. The van der Waals surface area contributed by atoms with Gasteiger partial charge in [0.1, 0.15) is 36.4 Å². The number of halogens is 2. The Labute approximate surface area is 159 Å². The zero-order chi connectivity index (χ0) is 19.9. The van der Waals surface area contributed by atoms with Crippen molar-refractivity contribution in [2.45, 2.75) is 0 Å². The summed E-state index contributed by atoms with van der Waals surface area (Å²) in [6.07, 6.45) is 2.74. The topological polar surface area (TPSA) is 106 Å². The lowest BCUT2D eigenvalue weighted by Gasteiger charge is -2.16. The molecule has 1 fully saturated rings. The molecule has 140 valence electrons. The first-order valence-electron chi connectivity index (χ1n) is 8.08. The van der Waals surface area contributed by atoms with Crippen molar-refractivity contribution < 1.29 is 8.78 Å². The van der Waals surface area contributed by atoms with Crippen molar-refractivity contribution >= 4 is 5.69 Å². The molecule has 0 radical (unpaired) electrons. The second kappa shape index (κ2) is 8.68. The van der Waals surface area contributed by atoms with Gasteiger partial charge >= 0.3 is 0 Å². The van der Waals surface area contributed by atoms with E-state index in [1.165, 1.54) is 47.7 Å². The molecule has 0 atom stereocenters. The van der Waals surface area contributed by atoms with Gasteiger partial charge < -0.3 is 0 Å². The van der Waals surface area contributed by atoms with Crippen molar-refractivity contribution in [1.82, 2.24) is 25.5 Å². The van der Waals surface area contributed by atoms with Crippen LogP contribution in [0.4, 0.5) is 14.5 Å². The summed E-state index contributed by atoms with van der Waals surface area (Å²) in [5, 5.41) is 26.0. The maximum atomic E-state index is 13.2. The molecule has 10 heteroatoms. The first-order valence-corrected chi connectivity index (χ1v) is 8.08. The standard InChI is InChI=1S/C9H9FN4.C9H5FN4/c10-9-3-8(2-1-7(9)4-11)14-6-12-5-13-14;10-8-2-1-7(4-11)9(3-8)14-6-12-5-13-14/h1-3,12-13H,5-6H2;1-3,5-6H. The van der Waals surface area contributed by atoms with E-state index in [1.54, 1.807) is 17.1 Å². The van der Waals surface area contributed by atoms with Crippen molar-refractivity contribution in [1.29, 1.82) is 10.5 Å². The predicted molar refractivity (Wildman–Crippen MR) is 95.6 cm³/mol. The molecule has 0 aliphatic carbocycles. The second-order valence-electron chi connectivity index (χ2n) is 5.56. The monoisotopic (exact) mass is 380 g/mol. The summed E-state index contributed by atoms with van der Waals surface area (Å²) < 4.78 is 27.5. The van der Waals surface area contributed by atoms with E-state index in [0.717, 1.165) is 0 Å². The Kier molecular flexibility index (Phi) is 5.87. The van der Waals surface area contributed by atoms with Gasteiger partial charge in [0, 0.05) is 6.07 Å². The highest BCUT2D eigenvalue weighted by atomic mass is 19.1. The zero-order valence-corrected chi connectivity index (χ0v) is 14.5. The van der Waals surface area contributed by atoms with Gasteiger partial charge in [-0.3, -0.25) is 10.3 Å². The lowest BCUT2D eigenvalue weighted by atomic mass is 10.2. The number of rotatable bonds is 2. The molecule has 2 heterocycles. The number of aromatic nitrogens is 3. The van der Waals surface area contributed by atoms with E-state index < -0.39 is 11.6 Å². The van der Waals surface area contributed by atoms with E-state index in [2.05, 4.69) is 20.8 Å². The van der Waals surface area contributed by atoms with Crippen LogP contribution in [0.25, 0.3) is 5.69 Å². The maximum Gasteiger partial charge on any atom is 0.143 e. The number of hydrogen-bond acceptors (Lipinski definition) is 7. The third-order valence-corrected chi connectivity index (χ3v) is 3.80. The summed E-state index contributed by atoms with van der Waals surface area (Å²) in [5.74, 6) is -0.895. The minimum Gasteiger partial charge on any atom is -0.293 e. The Bertz CT molecular complexity index is 1030. The molecule has 2 N–H and O–H groups in total. The molecule has 4 rings (SSSR count). The van der Waals surface area contributed by atoms with Crippen LogP contribution in [0, 0.1) is 34.3 Å².